The fourth-order valence-corrected chi connectivity index (χ4v) is 3.40. The van der Waals surface area contributed by atoms with Crippen LogP contribution in [0.2, 0.25) is 0 Å². The van der Waals surface area contributed by atoms with Gasteiger partial charge in [0.2, 0.25) is 0 Å². The van der Waals surface area contributed by atoms with Gasteiger partial charge in [0, 0.05) is 12.2 Å². The standard InChI is InChI=1S/C22H35N3O4/c1-22(2,3)29-21(28)25-18(20(26)27)12-8-6-4-5-7-11-17-14-13-16-10-9-15-23-19(16)24-17/h13-14,18H,4-12,15H2,1-3H3,(H,23,24)(H,25,28)(H,26,27)/t18-/m0/s1. The Kier molecular flexibility index (Phi) is 8.73. The maximum absolute atomic E-state index is 11.8. The van der Waals surface area contributed by atoms with E-state index in [1.165, 1.54) is 12.0 Å². The molecular weight excluding hydrogens is 370 g/mol. The van der Waals surface area contributed by atoms with E-state index < -0.39 is 23.7 Å². The van der Waals surface area contributed by atoms with Gasteiger partial charge >= 0.3 is 12.1 Å². The average Bonchev–Trinajstić information content (AvgIpc) is 2.64. The number of aromatic nitrogens is 1. The number of anilines is 1. The molecule has 1 aliphatic rings. The van der Waals surface area contributed by atoms with E-state index in [0.717, 1.165) is 63.0 Å². The molecule has 0 radical (unpaired) electrons. The Morgan fingerprint density at radius 1 is 1.21 bits per heavy atom. The lowest BCUT2D eigenvalue weighted by atomic mass is 10.0. The maximum atomic E-state index is 11.8. The molecule has 1 aromatic rings. The molecule has 29 heavy (non-hydrogen) atoms. The van der Waals surface area contributed by atoms with Crippen LogP contribution >= 0.6 is 0 Å². The molecule has 7 heteroatoms. The molecule has 1 amide bonds. The first kappa shape index (κ1) is 23.0. The molecular formula is C22H35N3O4. The van der Waals surface area contributed by atoms with Gasteiger partial charge in [-0.1, -0.05) is 31.7 Å². The summed E-state index contributed by atoms with van der Waals surface area (Å²) in [5.74, 6) is 0.0221. The van der Waals surface area contributed by atoms with Crippen molar-refractivity contribution in [1.29, 1.82) is 0 Å². The van der Waals surface area contributed by atoms with E-state index in [0.29, 0.717) is 6.42 Å². The second-order valence-corrected chi connectivity index (χ2v) is 8.68. The highest BCUT2D eigenvalue weighted by Gasteiger charge is 2.23. The van der Waals surface area contributed by atoms with Gasteiger partial charge in [0.25, 0.3) is 0 Å². The highest BCUT2D eigenvalue weighted by Crippen LogP contribution is 2.20. The number of carbonyl (C=O) groups excluding carboxylic acids is 1. The van der Waals surface area contributed by atoms with Gasteiger partial charge in [-0.25, -0.2) is 14.6 Å². The van der Waals surface area contributed by atoms with Crippen LogP contribution in [-0.4, -0.2) is 40.3 Å². The van der Waals surface area contributed by atoms with Crippen LogP contribution in [0.25, 0.3) is 0 Å². The molecule has 3 N–H and O–H groups in total. The van der Waals surface area contributed by atoms with Crippen LogP contribution in [-0.2, 0) is 22.4 Å². The average molecular weight is 406 g/mol. The molecule has 0 aliphatic carbocycles. The number of unbranched alkanes of at least 4 members (excludes halogenated alkanes) is 4. The van der Waals surface area contributed by atoms with Crippen LogP contribution in [0.15, 0.2) is 12.1 Å². The Labute approximate surface area is 173 Å². The number of nitrogens with one attached hydrogen (secondary N) is 2. The van der Waals surface area contributed by atoms with Crippen LogP contribution in [0.1, 0.15) is 77.0 Å². The normalized spacial score (nSPS) is 14.4. The largest absolute Gasteiger partial charge is 0.480 e. The van der Waals surface area contributed by atoms with Gasteiger partial charge in [0.05, 0.1) is 0 Å². The number of carboxylic acid groups (broad SMARTS) is 1. The van der Waals surface area contributed by atoms with Crippen molar-refractivity contribution in [3.05, 3.63) is 23.4 Å². The van der Waals surface area contributed by atoms with Crippen LogP contribution in [0.5, 0.6) is 0 Å². The zero-order valence-electron chi connectivity index (χ0n) is 17.9. The molecule has 1 atom stereocenters. The molecule has 0 saturated carbocycles. The number of aliphatic carboxylic acids is 1. The van der Waals surface area contributed by atoms with E-state index in [9.17, 15) is 14.7 Å². The van der Waals surface area contributed by atoms with Crippen LogP contribution in [0.4, 0.5) is 10.6 Å². The molecule has 1 aliphatic heterocycles. The summed E-state index contributed by atoms with van der Waals surface area (Å²) in [7, 11) is 0. The van der Waals surface area contributed by atoms with Gasteiger partial charge in [-0.05, 0) is 64.5 Å². The fourth-order valence-electron chi connectivity index (χ4n) is 3.40. The third-order valence-corrected chi connectivity index (χ3v) is 4.87. The summed E-state index contributed by atoms with van der Waals surface area (Å²) in [6, 6.07) is 3.41. The van der Waals surface area contributed by atoms with Crippen molar-refractivity contribution < 1.29 is 19.4 Å². The highest BCUT2D eigenvalue weighted by atomic mass is 16.6. The number of amides is 1. The van der Waals surface area contributed by atoms with Crippen LogP contribution in [0.3, 0.4) is 0 Å². The predicted octanol–water partition coefficient (Wildman–Crippen LogP) is 4.30. The van der Waals surface area contributed by atoms with E-state index in [1.807, 2.05) is 0 Å². The monoisotopic (exact) mass is 405 g/mol. The number of hydrogen-bond acceptors (Lipinski definition) is 5. The molecule has 162 valence electrons. The van der Waals surface area contributed by atoms with Crippen molar-refractivity contribution >= 4 is 17.9 Å². The van der Waals surface area contributed by atoms with Crippen molar-refractivity contribution in [2.24, 2.45) is 0 Å². The van der Waals surface area contributed by atoms with Crippen molar-refractivity contribution in [2.45, 2.75) is 90.2 Å². The number of hydrogen-bond donors (Lipinski definition) is 3. The van der Waals surface area contributed by atoms with E-state index in [-0.39, 0.29) is 0 Å². The van der Waals surface area contributed by atoms with E-state index in [2.05, 4.69) is 22.8 Å². The van der Waals surface area contributed by atoms with Gasteiger partial charge in [0.1, 0.15) is 17.5 Å². The molecule has 0 spiro atoms. The quantitative estimate of drug-likeness (QED) is 0.502. The second-order valence-electron chi connectivity index (χ2n) is 8.68. The Morgan fingerprint density at radius 3 is 2.66 bits per heavy atom. The molecule has 0 saturated heterocycles. The minimum absolute atomic E-state index is 0.409. The lowest BCUT2D eigenvalue weighted by molar-refractivity contribution is -0.139. The number of pyridine rings is 1. The number of carbonyl (C=O) groups is 2. The molecule has 2 heterocycles. The Hall–Kier alpha value is -2.31. The van der Waals surface area contributed by atoms with E-state index in [1.54, 1.807) is 20.8 Å². The summed E-state index contributed by atoms with van der Waals surface area (Å²) >= 11 is 0. The first-order chi connectivity index (χ1) is 13.7. The van der Waals surface area contributed by atoms with Gasteiger partial charge in [-0.3, -0.25) is 0 Å². The number of fused-ring (bicyclic) bond motifs is 1. The number of alkyl carbamates (subject to hydrolysis) is 1. The third kappa shape index (κ3) is 8.71. The van der Waals surface area contributed by atoms with E-state index >= 15 is 0 Å². The molecule has 7 nitrogen and oxygen atoms in total. The van der Waals surface area contributed by atoms with Crippen molar-refractivity contribution in [2.75, 3.05) is 11.9 Å². The molecule has 0 aromatic carbocycles. The maximum Gasteiger partial charge on any atom is 0.408 e. The number of aryl methyl sites for hydroxylation is 2. The van der Waals surface area contributed by atoms with Crippen molar-refractivity contribution in [3.63, 3.8) is 0 Å². The number of ether oxygens (including phenoxy) is 1. The summed E-state index contributed by atoms with van der Waals surface area (Å²) in [6.45, 7) is 6.25. The lowest BCUT2D eigenvalue weighted by Crippen LogP contribution is -2.43. The zero-order valence-corrected chi connectivity index (χ0v) is 17.9. The zero-order chi connectivity index (χ0) is 21.3. The first-order valence-electron chi connectivity index (χ1n) is 10.7. The second kappa shape index (κ2) is 11.0. The number of nitrogens with zero attached hydrogens (tertiary/aromatic N) is 1. The molecule has 0 unspecified atom stereocenters. The third-order valence-electron chi connectivity index (χ3n) is 4.87. The first-order valence-corrected chi connectivity index (χ1v) is 10.7. The van der Waals surface area contributed by atoms with Gasteiger partial charge < -0.3 is 20.5 Å². The van der Waals surface area contributed by atoms with Crippen LogP contribution < -0.4 is 10.6 Å². The Bertz CT molecular complexity index is 685. The fraction of sp³-hybridized carbons (Fsp3) is 0.682. The molecule has 0 bridgehead atoms. The smallest absolute Gasteiger partial charge is 0.408 e. The predicted molar refractivity (Wildman–Crippen MR) is 113 cm³/mol. The molecule has 1 aromatic heterocycles. The van der Waals surface area contributed by atoms with Crippen molar-refractivity contribution in [3.8, 4) is 0 Å². The van der Waals surface area contributed by atoms with Gasteiger partial charge in [-0.15, -0.1) is 0 Å². The Balaban J connectivity index is 1.60. The van der Waals surface area contributed by atoms with E-state index in [4.69, 9.17) is 9.72 Å². The summed E-state index contributed by atoms with van der Waals surface area (Å²) in [5, 5.41) is 15.1. The summed E-state index contributed by atoms with van der Waals surface area (Å²) in [6.07, 6.45) is 7.87. The van der Waals surface area contributed by atoms with Crippen LogP contribution in [0, 0.1) is 0 Å². The molecule has 2 rings (SSSR count). The SMILES string of the molecule is CC(C)(C)OC(=O)N[C@@H](CCCCCCCc1ccc2c(n1)NCCC2)C(=O)O. The number of rotatable bonds is 10. The van der Waals surface area contributed by atoms with Gasteiger partial charge in [0.15, 0.2) is 0 Å². The summed E-state index contributed by atoms with van der Waals surface area (Å²) < 4.78 is 5.13. The topological polar surface area (TPSA) is 101 Å². The minimum atomic E-state index is -1.03. The number of carboxylic acids is 1. The summed E-state index contributed by atoms with van der Waals surface area (Å²) in [5.41, 5.74) is 1.80. The minimum Gasteiger partial charge on any atom is -0.480 e. The lowest BCUT2D eigenvalue weighted by Gasteiger charge is -2.22. The Morgan fingerprint density at radius 2 is 1.93 bits per heavy atom. The van der Waals surface area contributed by atoms with Gasteiger partial charge in [-0.2, -0.15) is 0 Å². The molecule has 0 fully saturated rings. The highest BCUT2D eigenvalue weighted by molar-refractivity contribution is 5.79. The van der Waals surface area contributed by atoms with Crippen molar-refractivity contribution in [1.82, 2.24) is 10.3 Å². The summed E-state index contributed by atoms with van der Waals surface area (Å²) in [4.78, 5) is 27.8.